The van der Waals surface area contributed by atoms with Gasteiger partial charge in [-0.05, 0) is 48.2 Å². The number of hydrogen-bond donors (Lipinski definition) is 0. The molecule has 0 aliphatic carbocycles. The van der Waals surface area contributed by atoms with E-state index in [0.717, 1.165) is 18.2 Å². The Hall–Kier alpha value is -1.33. The van der Waals surface area contributed by atoms with Gasteiger partial charge in [0.2, 0.25) is 0 Å². The van der Waals surface area contributed by atoms with Crippen molar-refractivity contribution in [3.05, 3.63) is 59.9 Å². The standard InChI is InChI=1S/C20H25N3O.2ClH/c1-22-12-17-13-23(11-15-4-3-9-21-10-15)14-19(17)20(22)16-5-7-18(24-2)8-6-16;;/h3-10,17,19-20H,11-14H2,1-2H3;2*1H/t17-,19+,20+;;/m0../s1. The van der Waals surface area contributed by atoms with Crippen molar-refractivity contribution in [1.82, 2.24) is 14.8 Å². The van der Waals surface area contributed by atoms with E-state index < -0.39 is 0 Å². The molecule has 0 amide bonds. The summed E-state index contributed by atoms with van der Waals surface area (Å²) in [5, 5.41) is 0. The molecule has 2 aromatic rings. The molecule has 4 nitrogen and oxygen atoms in total. The molecule has 0 saturated carbocycles. The average molecular weight is 396 g/mol. The normalized spacial score (nSPS) is 25.2. The highest BCUT2D eigenvalue weighted by Gasteiger charge is 2.45. The van der Waals surface area contributed by atoms with Gasteiger partial charge < -0.3 is 4.74 Å². The molecule has 0 bridgehead atoms. The molecule has 1 aromatic carbocycles. The molecule has 26 heavy (non-hydrogen) atoms. The second kappa shape index (κ2) is 9.05. The molecular formula is C20H27Cl2N3O. The maximum Gasteiger partial charge on any atom is 0.118 e. The summed E-state index contributed by atoms with van der Waals surface area (Å²) in [5.41, 5.74) is 2.72. The highest BCUT2D eigenvalue weighted by Crippen LogP contribution is 2.44. The molecule has 6 heteroatoms. The van der Waals surface area contributed by atoms with E-state index in [1.807, 2.05) is 18.5 Å². The maximum absolute atomic E-state index is 5.30. The number of ether oxygens (including phenoxy) is 1. The van der Waals surface area contributed by atoms with E-state index in [1.165, 1.54) is 30.8 Å². The molecule has 3 atom stereocenters. The second-order valence-corrected chi connectivity index (χ2v) is 7.14. The fourth-order valence-corrected chi connectivity index (χ4v) is 4.53. The van der Waals surface area contributed by atoms with Crippen LogP contribution in [0.4, 0.5) is 0 Å². The minimum Gasteiger partial charge on any atom is -0.497 e. The molecule has 2 saturated heterocycles. The van der Waals surface area contributed by atoms with Gasteiger partial charge in [0.05, 0.1) is 7.11 Å². The summed E-state index contributed by atoms with van der Waals surface area (Å²) in [5.74, 6) is 2.40. The number of nitrogens with zero attached hydrogens (tertiary/aromatic N) is 3. The van der Waals surface area contributed by atoms with E-state index in [1.54, 1.807) is 7.11 Å². The summed E-state index contributed by atoms with van der Waals surface area (Å²) < 4.78 is 5.30. The van der Waals surface area contributed by atoms with Crippen LogP contribution >= 0.6 is 24.8 Å². The van der Waals surface area contributed by atoms with E-state index in [9.17, 15) is 0 Å². The number of rotatable bonds is 4. The van der Waals surface area contributed by atoms with Crippen LogP contribution in [0.5, 0.6) is 5.75 Å². The van der Waals surface area contributed by atoms with Gasteiger partial charge >= 0.3 is 0 Å². The minimum atomic E-state index is 0. The lowest BCUT2D eigenvalue weighted by molar-refractivity contribution is 0.224. The van der Waals surface area contributed by atoms with Crippen LogP contribution in [0, 0.1) is 11.8 Å². The molecule has 2 aliphatic heterocycles. The van der Waals surface area contributed by atoms with Crippen LogP contribution in [0.15, 0.2) is 48.8 Å². The highest BCUT2D eigenvalue weighted by atomic mass is 35.5. The van der Waals surface area contributed by atoms with Crippen molar-refractivity contribution in [2.24, 2.45) is 11.8 Å². The van der Waals surface area contributed by atoms with E-state index in [-0.39, 0.29) is 24.8 Å². The summed E-state index contributed by atoms with van der Waals surface area (Å²) in [7, 11) is 3.98. The molecule has 2 aliphatic rings. The first kappa shape index (κ1) is 21.0. The van der Waals surface area contributed by atoms with Gasteiger partial charge in [0.1, 0.15) is 5.75 Å². The van der Waals surface area contributed by atoms with E-state index in [0.29, 0.717) is 12.0 Å². The smallest absolute Gasteiger partial charge is 0.118 e. The molecule has 0 radical (unpaired) electrons. The highest BCUT2D eigenvalue weighted by molar-refractivity contribution is 5.85. The van der Waals surface area contributed by atoms with E-state index in [2.05, 4.69) is 52.2 Å². The van der Waals surface area contributed by atoms with Gasteiger partial charge in [0, 0.05) is 44.6 Å². The number of fused-ring (bicyclic) bond motifs is 1. The molecule has 3 heterocycles. The van der Waals surface area contributed by atoms with Gasteiger partial charge in [0.15, 0.2) is 0 Å². The van der Waals surface area contributed by atoms with Crippen molar-refractivity contribution in [3.63, 3.8) is 0 Å². The topological polar surface area (TPSA) is 28.6 Å². The molecule has 4 rings (SSSR count). The maximum atomic E-state index is 5.30. The monoisotopic (exact) mass is 395 g/mol. The Morgan fingerprint density at radius 2 is 1.85 bits per heavy atom. The van der Waals surface area contributed by atoms with Crippen LogP contribution in [-0.2, 0) is 6.54 Å². The Morgan fingerprint density at radius 1 is 1.08 bits per heavy atom. The minimum absolute atomic E-state index is 0. The third-order valence-electron chi connectivity index (χ3n) is 5.56. The van der Waals surface area contributed by atoms with Crippen LogP contribution < -0.4 is 4.74 Å². The first-order valence-electron chi connectivity index (χ1n) is 8.70. The van der Waals surface area contributed by atoms with Crippen LogP contribution in [0.3, 0.4) is 0 Å². The van der Waals surface area contributed by atoms with Crippen molar-refractivity contribution in [1.29, 1.82) is 0 Å². The van der Waals surface area contributed by atoms with Crippen LogP contribution in [0.2, 0.25) is 0 Å². The quantitative estimate of drug-likeness (QED) is 0.789. The van der Waals surface area contributed by atoms with Gasteiger partial charge in [-0.25, -0.2) is 0 Å². The summed E-state index contributed by atoms with van der Waals surface area (Å²) in [4.78, 5) is 9.36. The van der Waals surface area contributed by atoms with Gasteiger partial charge in [-0.1, -0.05) is 18.2 Å². The molecule has 2 fully saturated rings. The number of methoxy groups -OCH3 is 1. The van der Waals surface area contributed by atoms with Crippen LogP contribution in [0.25, 0.3) is 0 Å². The van der Waals surface area contributed by atoms with Crippen LogP contribution in [-0.4, -0.2) is 48.6 Å². The molecule has 1 aromatic heterocycles. The lowest BCUT2D eigenvalue weighted by Gasteiger charge is -2.27. The van der Waals surface area contributed by atoms with Crippen LogP contribution in [0.1, 0.15) is 17.2 Å². The predicted molar refractivity (Wildman–Crippen MR) is 109 cm³/mol. The van der Waals surface area contributed by atoms with Gasteiger partial charge in [0.25, 0.3) is 0 Å². The van der Waals surface area contributed by atoms with Crippen molar-refractivity contribution >= 4 is 24.8 Å². The lowest BCUT2D eigenvalue weighted by Crippen LogP contribution is -2.28. The number of hydrogen-bond acceptors (Lipinski definition) is 4. The Bertz CT molecular complexity index is 683. The third kappa shape index (κ3) is 4.15. The van der Waals surface area contributed by atoms with Gasteiger partial charge in [-0.2, -0.15) is 0 Å². The first-order chi connectivity index (χ1) is 11.7. The van der Waals surface area contributed by atoms with Crippen molar-refractivity contribution < 1.29 is 4.74 Å². The van der Waals surface area contributed by atoms with Gasteiger partial charge in [-0.15, -0.1) is 24.8 Å². The lowest BCUT2D eigenvalue weighted by atomic mass is 9.89. The van der Waals surface area contributed by atoms with Crippen molar-refractivity contribution in [3.8, 4) is 5.75 Å². The summed E-state index contributed by atoms with van der Waals surface area (Å²) >= 11 is 0. The average Bonchev–Trinajstić information content (AvgIpc) is 3.11. The zero-order valence-corrected chi connectivity index (χ0v) is 16.9. The Morgan fingerprint density at radius 3 is 2.50 bits per heavy atom. The Kier molecular flexibility index (Phi) is 7.30. The fourth-order valence-electron chi connectivity index (χ4n) is 4.53. The van der Waals surface area contributed by atoms with E-state index in [4.69, 9.17) is 4.74 Å². The molecule has 0 unspecified atom stereocenters. The summed E-state index contributed by atoms with van der Waals surface area (Å²) in [6, 6.07) is 13.3. The summed E-state index contributed by atoms with van der Waals surface area (Å²) in [6.45, 7) is 4.56. The van der Waals surface area contributed by atoms with Crippen molar-refractivity contribution in [2.45, 2.75) is 12.6 Å². The third-order valence-corrected chi connectivity index (χ3v) is 5.56. The van der Waals surface area contributed by atoms with Crippen molar-refractivity contribution in [2.75, 3.05) is 33.8 Å². The van der Waals surface area contributed by atoms with E-state index >= 15 is 0 Å². The zero-order chi connectivity index (χ0) is 16.5. The zero-order valence-electron chi connectivity index (χ0n) is 15.2. The SMILES string of the molecule is COc1ccc([C@@H]2[C@@H]3CN(Cc4cccnc4)C[C@@H]3CN2C)cc1.Cl.Cl. The number of likely N-dealkylation sites (tertiary alicyclic amines) is 2. The predicted octanol–water partition coefficient (Wildman–Crippen LogP) is 3.67. The molecule has 0 spiro atoms. The first-order valence-corrected chi connectivity index (χ1v) is 8.70. The Labute approximate surface area is 168 Å². The largest absolute Gasteiger partial charge is 0.497 e. The van der Waals surface area contributed by atoms with Gasteiger partial charge in [-0.3, -0.25) is 14.8 Å². The fraction of sp³-hybridized carbons (Fsp3) is 0.450. The summed E-state index contributed by atoms with van der Waals surface area (Å²) in [6.07, 6.45) is 3.83. The number of halogens is 2. The molecule has 142 valence electrons. The molecule has 0 N–H and O–H groups in total. The number of pyridine rings is 1. The Balaban J connectivity index is 0.00000121. The molecular weight excluding hydrogens is 369 g/mol. The number of aromatic nitrogens is 1. The second-order valence-electron chi connectivity index (χ2n) is 7.14. The number of benzene rings is 1.